The Morgan fingerprint density at radius 2 is 1.75 bits per heavy atom. The van der Waals surface area contributed by atoms with Gasteiger partial charge in [-0.1, -0.05) is 30.3 Å². The van der Waals surface area contributed by atoms with E-state index < -0.39 is 11.9 Å². The zero-order chi connectivity index (χ0) is 19.9. The summed E-state index contributed by atoms with van der Waals surface area (Å²) < 4.78 is 39.3. The van der Waals surface area contributed by atoms with Crippen LogP contribution in [-0.4, -0.2) is 23.5 Å². The molecule has 2 aliphatic rings. The number of anilines is 1. The van der Waals surface area contributed by atoms with Gasteiger partial charge in [-0.05, 0) is 48.4 Å². The Morgan fingerprint density at radius 3 is 2.36 bits per heavy atom. The van der Waals surface area contributed by atoms with Crippen LogP contribution in [0.5, 0.6) is 0 Å². The van der Waals surface area contributed by atoms with Gasteiger partial charge in [0.05, 0.1) is 12.1 Å². The fourth-order valence-electron chi connectivity index (χ4n) is 4.00. The number of halogens is 3. The molecule has 2 atom stereocenters. The lowest BCUT2D eigenvalue weighted by Crippen LogP contribution is -2.38. The van der Waals surface area contributed by atoms with E-state index in [0.29, 0.717) is 18.9 Å². The van der Waals surface area contributed by atoms with E-state index in [4.69, 9.17) is 0 Å². The number of nitrogens with one attached hydrogen (secondary N) is 1. The zero-order valence-corrected chi connectivity index (χ0v) is 15.5. The quantitative estimate of drug-likeness (QED) is 0.841. The van der Waals surface area contributed by atoms with Crippen molar-refractivity contribution >= 4 is 11.7 Å². The maximum Gasteiger partial charge on any atom is 0.433 e. The molecule has 1 saturated carbocycles. The molecule has 1 saturated heterocycles. The zero-order valence-electron chi connectivity index (χ0n) is 15.5. The van der Waals surface area contributed by atoms with Crippen LogP contribution in [0.15, 0.2) is 42.5 Å². The summed E-state index contributed by atoms with van der Waals surface area (Å²) in [4.78, 5) is 17.4. The minimum atomic E-state index is -4.49. The van der Waals surface area contributed by atoms with Crippen LogP contribution in [0.3, 0.4) is 0 Å². The molecule has 148 valence electrons. The molecule has 1 aromatic heterocycles. The number of rotatable bonds is 4. The standard InChI is InChI=1S/C21H22F3N3O/c1-13(28)25-17-11-12-27(19-4-2-3-18(26-19)21(22,23)24)20(17)16-9-7-15(8-10-16)14-5-6-14/h2-4,7-10,14,17,20H,5-6,11-12H2,1H3,(H,25,28)/t17-,20-/m1/s1. The number of hydrogen-bond donors (Lipinski definition) is 1. The van der Waals surface area contributed by atoms with Crippen LogP contribution in [0.25, 0.3) is 0 Å². The van der Waals surface area contributed by atoms with Gasteiger partial charge in [-0.3, -0.25) is 4.79 Å². The second kappa shape index (κ2) is 7.11. The van der Waals surface area contributed by atoms with E-state index in [-0.39, 0.29) is 23.8 Å². The van der Waals surface area contributed by atoms with Gasteiger partial charge >= 0.3 is 6.18 Å². The predicted octanol–water partition coefficient (Wildman–Crippen LogP) is 4.43. The van der Waals surface area contributed by atoms with Crippen molar-refractivity contribution in [3.8, 4) is 0 Å². The van der Waals surface area contributed by atoms with Crippen LogP contribution >= 0.6 is 0 Å². The fraction of sp³-hybridized carbons (Fsp3) is 0.429. The summed E-state index contributed by atoms with van der Waals surface area (Å²) in [6.45, 7) is 1.98. The van der Waals surface area contributed by atoms with Crippen molar-refractivity contribution in [3.05, 3.63) is 59.3 Å². The summed E-state index contributed by atoms with van der Waals surface area (Å²) in [6, 6.07) is 11.7. The van der Waals surface area contributed by atoms with Crippen molar-refractivity contribution in [2.24, 2.45) is 0 Å². The Morgan fingerprint density at radius 1 is 1.07 bits per heavy atom. The van der Waals surface area contributed by atoms with Gasteiger partial charge in [0, 0.05) is 13.5 Å². The number of aromatic nitrogens is 1. The number of carbonyl (C=O) groups is 1. The van der Waals surface area contributed by atoms with E-state index in [1.807, 2.05) is 17.0 Å². The molecule has 1 aliphatic carbocycles. The van der Waals surface area contributed by atoms with Crippen LogP contribution in [0.1, 0.15) is 55.0 Å². The molecular formula is C21H22F3N3O. The highest BCUT2D eigenvalue weighted by Gasteiger charge is 2.38. The minimum Gasteiger partial charge on any atom is -0.351 e. The van der Waals surface area contributed by atoms with Gasteiger partial charge in [-0.15, -0.1) is 0 Å². The lowest BCUT2D eigenvalue weighted by Gasteiger charge is -2.30. The molecule has 2 aromatic rings. The van der Waals surface area contributed by atoms with Gasteiger partial charge < -0.3 is 10.2 Å². The maximum atomic E-state index is 13.1. The van der Waals surface area contributed by atoms with Crippen LogP contribution in [0.2, 0.25) is 0 Å². The van der Waals surface area contributed by atoms with Gasteiger partial charge in [0.15, 0.2) is 0 Å². The van der Waals surface area contributed by atoms with E-state index in [1.165, 1.54) is 31.4 Å². The second-order valence-electron chi connectivity index (χ2n) is 7.55. The lowest BCUT2D eigenvalue weighted by molar-refractivity contribution is -0.141. The van der Waals surface area contributed by atoms with Crippen LogP contribution < -0.4 is 10.2 Å². The highest BCUT2D eigenvalue weighted by molar-refractivity contribution is 5.73. The Hall–Kier alpha value is -2.57. The third kappa shape index (κ3) is 3.84. The first-order valence-corrected chi connectivity index (χ1v) is 9.51. The van der Waals surface area contributed by atoms with Crippen molar-refractivity contribution in [1.82, 2.24) is 10.3 Å². The summed E-state index contributed by atoms with van der Waals surface area (Å²) in [5.41, 5.74) is 1.36. The normalized spacial score (nSPS) is 22.4. The molecule has 7 heteroatoms. The van der Waals surface area contributed by atoms with Gasteiger partial charge in [-0.25, -0.2) is 4.98 Å². The average Bonchev–Trinajstić information content (AvgIpc) is 3.42. The van der Waals surface area contributed by atoms with Gasteiger partial charge in [0.25, 0.3) is 0 Å². The number of benzene rings is 1. The minimum absolute atomic E-state index is 0.150. The van der Waals surface area contributed by atoms with Crippen molar-refractivity contribution in [2.45, 2.75) is 50.4 Å². The summed E-state index contributed by atoms with van der Waals surface area (Å²) in [5, 5.41) is 2.95. The monoisotopic (exact) mass is 389 g/mol. The topological polar surface area (TPSA) is 45.2 Å². The molecule has 1 aromatic carbocycles. The Labute approximate surface area is 161 Å². The molecule has 0 radical (unpaired) electrons. The smallest absolute Gasteiger partial charge is 0.351 e. The van der Waals surface area contributed by atoms with E-state index in [1.54, 1.807) is 6.07 Å². The number of carbonyl (C=O) groups excluding carboxylic acids is 1. The van der Waals surface area contributed by atoms with E-state index in [9.17, 15) is 18.0 Å². The molecule has 0 unspecified atom stereocenters. The molecular weight excluding hydrogens is 367 g/mol. The summed E-state index contributed by atoms with van der Waals surface area (Å²) in [5.74, 6) is 0.757. The molecule has 1 N–H and O–H groups in total. The lowest BCUT2D eigenvalue weighted by atomic mass is 9.97. The molecule has 2 heterocycles. The van der Waals surface area contributed by atoms with Crippen LogP contribution in [0.4, 0.5) is 19.0 Å². The van der Waals surface area contributed by atoms with Crippen molar-refractivity contribution in [2.75, 3.05) is 11.4 Å². The first-order chi connectivity index (χ1) is 13.3. The van der Waals surface area contributed by atoms with Crippen LogP contribution in [-0.2, 0) is 11.0 Å². The number of nitrogens with zero attached hydrogens (tertiary/aromatic N) is 2. The first-order valence-electron chi connectivity index (χ1n) is 9.51. The van der Waals surface area contributed by atoms with Crippen LogP contribution in [0, 0.1) is 0 Å². The molecule has 4 nitrogen and oxygen atoms in total. The summed E-state index contributed by atoms with van der Waals surface area (Å²) in [7, 11) is 0. The summed E-state index contributed by atoms with van der Waals surface area (Å²) >= 11 is 0. The molecule has 2 fully saturated rings. The van der Waals surface area contributed by atoms with Gasteiger partial charge in [0.1, 0.15) is 11.5 Å². The number of pyridine rings is 1. The highest BCUT2D eigenvalue weighted by Crippen LogP contribution is 2.42. The maximum absolute atomic E-state index is 13.1. The fourth-order valence-corrected chi connectivity index (χ4v) is 4.00. The number of hydrogen-bond acceptors (Lipinski definition) is 3. The molecule has 0 spiro atoms. The number of amides is 1. The number of alkyl halides is 3. The SMILES string of the molecule is CC(=O)N[C@@H]1CCN(c2cccc(C(F)(F)F)n2)[C@@H]1c1ccc(C2CC2)cc1. The van der Waals surface area contributed by atoms with Gasteiger partial charge in [-0.2, -0.15) is 13.2 Å². The van der Waals surface area contributed by atoms with E-state index in [0.717, 1.165) is 11.6 Å². The Bertz CT molecular complexity index is 862. The van der Waals surface area contributed by atoms with Crippen molar-refractivity contribution in [1.29, 1.82) is 0 Å². The molecule has 28 heavy (non-hydrogen) atoms. The van der Waals surface area contributed by atoms with E-state index >= 15 is 0 Å². The third-order valence-electron chi connectivity index (χ3n) is 5.43. The Balaban J connectivity index is 1.68. The van der Waals surface area contributed by atoms with Crippen molar-refractivity contribution < 1.29 is 18.0 Å². The molecule has 0 bridgehead atoms. The molecule has 4 rings (SSSR count). The van der Waals surface area contributed by atoms with Crippen molar-refractivity contribution in [3.63, 3.8) is 0 Å². The summed E-state index contributed by atoms with van der Waals surface area (Å²) in [6.07, 6.45) is -1.43. The first kappa shape index (κ1) is 18.8. The molecule has 1 aliphatic heterocycles. The predicted molar refractivity (Wildman–Crippen MR) is 100.0 cm³/mol. The third-order valence-corrected chi connectivity index (χ3v) is 5.43. The average molecular weight is 389 g/mol. The molecule has 1 amide bonds. The van der Waals surface area contributed by atoms with Gasteiger partial charge in [0.2, 0.25) is 5.91 Å². The largest absolute Gasteiger partial charge is 0.433 e. The Kier molecular flexibility index (Phi) is 4.77. The van der Waals surface area contributed by atoms with E-state index in [2.05, 4.69) is 22.4 Å². The second-order valence-corrected chi connectivity index (χ2v) is 7.55. The highest BCUT2D eigenvalue weighted by atomic mass is 19.4.